The maximum absolute atomic E-state index is 5.39. The summed E-state index contributed by atoms with van der Waals surface area (Å²) >= 11 is 0. The van der Waals surface area contributed by atoms with Gasteiger partial charge in [-0.2, -0.15) is 0 Å². The minimum Gasteiger partial charge on any atom is -0.360 e. The lowest BCUT2D eigenvalue weighted by Crippen LogP contribution is -2.33. The predicted octanol–water partition coefficient (Wildman–Crippen LogP) is 0.836. The molecule has 2 rings (SSSR count). The van der Waals surface area contributed by atoms with Crippen LogP contribution in [0.4, 0.5) is 0 Å². The van der Waals surface area contributed by atoms with E-state index < -0.39 is 0 Å². The van der Waals surface area contributed by atoms with Crippen LogP contribution in [-0.4, -0.2) is 31.2 Å². The summed E-state index contributed by atoms with van der Waals surface area (Å²) in [7, 11) is 0. The molecule has 1 N–H and O–H groups in total. The first-order valence-corrected chi connectivity index (χ1v) is 5.17. The number of aryl methyl sites for hydroxylation is 1. The Morgan fingerprint density at radius 1 is 1.60 bits per heavy atom. The SMILES string of the molecule is Cc1cc(CNCC2CCOCO2)on1. The average Bonchev–Trinajstić information content (AvgIpc) is 2.66. The quantitative estimate of drug-likeness (QED) is 0.801. The second kappa shape index (κ2) is 5.25. The van der Waals surface area contributed by atoms with Crippen LogP contribution in [0.2, 0.25) is 0 Å². The number of nitrogens with zero attached hydrogens (tertiary/aromatic N) is 1. The highest BCUT2D eigenvalue weighted by molar-refractivity contribution is 5.02. The molecule has 1 fully saturated rings. The standard InChI is InChI=1S/C10H16N2O3/c1-8-4-10(15-12-8)6-11-5-9-2-3-13-7-14-9/h4,9,11H,2-3,5-7H2,1H3. The van der Waals surface area contributed by atoms with E-state index in [0.717, 1.165) is 31.0 Å². The van der Waals surface area contributed by atoms with Crippen LogP contribution in [0.25, 0.3) is 0 Å². The molecule has 0 radical (unpaired) electrons. The number of hydrogen-bond acceptors (Lipinski definition) is 5. The average molecular weight is 212 g/mol. The van der Waals surface area contributed by atoms with Crippen LogP contribution in [0, 0.1) is 6.92 Å². The van der Waals surface area contributed by atoms with Crippen LogP contribution < -0.4 is 5.32 Å². The van der Waals surface area contributed by atoms with Gasteiger partial charge in [0.1, 0.15) is 6.79 Å². The summed E-state index contributed by atoms with van der Waals surface area (Å²) in [5.74, 6) is 0.861. The molecule has 1 aromatic rings. The van der Waals surface area contributed by atoms with E-state index in [9.17, 15) is 0 Å². The zero-order chi connectivity index (χ0) is 10.5. The molecule has 1 aromatic heterocycles. The van der Waals surface area contributed by atoms with Crippen molar-refractivity contribution in [2.75, 3.05) is 19.9 Å². The van der Waals surface area contributed by atoms with Crippen molar-refractivity contribution in [1.82, 2.24) is 10.5 Å². The van der Waals surface area contributed by atoms with Crippen molar-refractivity contribution in [3.8, 4) is 0 Å². The number of aromatic nitrogens is 1. The molecule has 5 nitrogen and oxygen atoms in total. The molecule has 5 heteroatoms. The molecule has 0 bridgehead atoms. The molecule has 1 atom stereocenters. The van der Waals surface area contributed by atoms with Gasteiger partial charge in [-0.15, -0.1) is 0 Å². The summed E-state index contributed by atoms with van der Waals surface area (Å²) in [6.07, 6.45) is 1.20. The summed E-state index contributed by atoms with van der Waals surface area (Å²) in [6.45, 7) is 4.63. The van der Waals surface area contributed by atoms with Crippen molar-refractivity contribution in [1.29, 1.82) is 0 Å². The first kappa shape index (κ1) is 10.6. The normalized spacial score (nSPS) is 21.8. The second-order valence-electron chi connectivity index (χ2n) is 3.67. The molecule has 84 valence electrons. The zero-order valence-corrected chi connectivity index (χ0v) is 8.86. The third-order valence-electron chi connectivity index (χ3n) is 2.32. The maximum Gasteiger partial charge on any atom is 0.150 e. The van der Waals surface area contributed by atoms with Crippen molar-refractivity contribution in [2.45, 2.75) is 26.0 Å². The highest BCUT2D eigenvalue weighted by Gasteiger charge is 2.13. The predicted molar refractivity (Wildman–Crippen MR) is 53.3 cm³/mol. The Balaban J connectivity index is 1.65. The van der Waals surface area contributed by atoms with Crippen LogP contribution in [0.5, 0.6) is 0 Å². The fraction of sp³-hybridized carbons (Fsp3) is 0.700. The Bertz CT molecular complexity index is 295. The van der Waals surface area contributed by atoms with Gasteiger partial charge in [-0.3, -0.25) is 0 Å². The fourth-order valence-electron chi connectivity index (χ4n) is 1.52. The lowest BCUT2D eigenvalue weighted by molar-refractivity contribution is -0.137. The van der Waals surface area contributed by atoms with E-state index in [-0.39, 0.29) is 6.10 Å². The minimum atomic E-state index is 0.253. The maximum atomic E-state index is 5.39. The van der Waals surface area contributed by atoms with Crippen LogP contribution in [0.1, 0.15) is 17.9 Å². The highest BCUT2D eigenvalue weighted by atomic mass is 16.7. The van der Waals surface area contributed by atoms with Crippen molar-refractivity contribution in [3.63, 3.8) is 0 Å². The molecule has 1 unspecified atom stereocenters. The molecular formula is C10H16N2O3. The largest absolute Gasteiger partial charge is 0.360 e. The Morgan fingerprint density at radius 2 is 2.53 bits per heavy atom. The number of rotatable bonds is 4. The Morgan fingerprint density at radius 3 is 3.20 bits per heavy atom. The van der Waals surface area contributed by atoms with Crippen molar-refractivity contribution < 1.29 is 14.0 Å². The first-order valence-electron chi connectivity index (χ1n) is 5.17. The number of nitrogens with one attached hydrogen (secondary N) is 1. The third-order valence-corrected chi connectivity index (χ3v) is 2.32. The van der Waals surface area contributed by atoms with Gasteiger partial charge in [-0.25, -0.2) is 0 Å². The molecular weight excluding hydrogens is 196 g/mol. The summed E-state index contributed by atoms with van der Waals surface area (Å²) < 4.78 is 15.6. The molecule has 1 aliphatic rings. The van der Waals surface area contributed by atoms with Crippen molar-refractivity contribution in [2.24, 2.45) is 0 Å². The summed E-state index contributed by atoms with van der Waals surface area (Å²) in [6, 6.07) is 1.93. The van der Waals surface area contributed by atoms with E-state index in [0.29, 0.717) is 13.3 Å². The van der Waals surface area contributed by atoms with E-state index in [2.05, 4.69) is 10.5 Å². The summed E-state index contributed by atoms with van der Waals surface area (Å²) in [5, 5.41) is 7.09. The van der Waals surface area contributed by atoms with Crippen LogP contribution >= 0.6 is 0 Å². The van der Waals surface area contributed by atoms with Gasteiger partial charge in [0.2, 0.25) is 0 Å². The second-order valence-corrected chi connectivity index (χ2v) is 3.67. The summed E-state index contributed by atoms with van der Waals surface area (Å²) in [5.41, 5.74) is 0.911. The molecule has 0 amide bonds. The zero-order valence-electron chi connectivity index (χ0n) is 8.86. The van der Waals surface area contributed by atoms with Crippen LogP contribution in [-0.2, 0) is 16.0 Å². The van der Waals surface area contributed by atoms with Gasteiger partial charge in [-0.1, -0.05) is 5.16 Å². The van der Waals surface area contributed by atoms with Gasteiger partial charge < -0.3 is 19.3 Å². The first-order chi connectivity index (χ1) is 7.34. The summed E-state index contributed by atoms with van der Waals surface area (Å²) in [4.78, 5) is 0. The van der Waals surface area contributed by atoms with Gasteiger partial charge in [-0.05, 0) is 13.3 Å². The van der Waals surface area contributed by atoms with Crippen molar-refractivity contribution in [3.05, 3.63) is 17.5 Å². The number of hydrogen-bond donors (Lipinski definition) is 1. The Labute approximate surface area is 88.7 Å². The fourth-order valence-corrected chi connectivity index (χ4v) is 1.52. The molecule has 0 aromatic carbocycles. The monoisotopic (exact) mass is 212 g/mol. The highest BCUT2D eigenvalue weighted by Crippen LogP contribution is 2.05. The smallest absolute Gasteiger partial charge is 0.150 e. The Kier molecular flexibility index (Phi) is 3.71. The lowest BCUT2D eigenvalue weighted by Gasteiger charge is -2.22. The topological polar surface area (TPSA) is 56.5 Å². The molecule has 0 spiro atoms. The van der Waals surface area contributed by atoms with E-state index in [1.807, 2.05) is 13.0 Å². The van der Waals surface area contributed by atoms with Gasteiger partial charge in [0.15, 0.2) is 5.76 Å². The van der Waals surface area contributed by atoms with Gasteiger partial charge in [0.25, 0.3) is 0 Å². The molecule has 15 heavy (non-hydrogen) atoms. The van der Waals surface area contributed by atoms with E-state index >= 15 is 0 Å². The van der Waals surface area contributed by atoms with E-state index in [4.69, 9.17) is 14.0 Å². The van der Waals surface area contributed by atoms with E-state index in [1.54, 1.807) is 0 Å². The minimum absolute atomic E-state index is 0.253. The molecule has 1 aliphatic heterocycles. The molecule has 0 saturated carbocycles. The van der Waals surface area contributed by atoms with Gasteiger partial charge in [0, 0.05) is 12.6 Å². The van der Waals surface area contributed by atoms with Crippen LogP contribution in [0.15, 0.2) is 10.6 Å². The molecule has 0 aliphatic carbocycles. The Hall–Kier alpha value is -0.910. The van der Waals surface area contributed by atoms with E-state index in [1.165, 1.54) is 0 Å². The lowest BCUT2D eigenvalue weighted by atomic mass is 10.2. The molecule has 1 saturated heterocycles. The molecule has 2 heterocycles. The number of ether oxygens (including phenoxy) is 2. The van der Waals surface area contributed by atoms with Gasteiger partial charge >= 0.3 is 0 Å². The van der Waals surface area contributed by atoms with Crippen LogP contribution in [0.3, 0.4) is 0 Å². The van der Waals surface area contributed by atoms with Crippen molar-refractivity contribution >= 4 is 0 Å². The third kappa shape index (κ3) is 3.30. The van der Waals surface area contributed by atoms with Gasteiger partial charge in [0.05, 0.1) is 24.9 Å².